The number of Topliss-reactive ketones (excluding diaryl/α,β-unsaturated/α-hetero) is 1. The summed E-state index contributed by atoms with van der Waals surface area (Å²) >= 11 is 0. The van der Waals surface area contributed by atoms with Gasteiger partial charge in [-0.15, -0.1) is 0 Å². The molecule has 1 aromatic heterocycles. The van der Waals surface area contributed by atoms with Gasteiger partial charge in [0.15, 0.2) is 11.5 Å². The highest BCUT2D eigenvalue weighted by Crippen LogP contribution is 2.31. The van der Waals surface area contributed by atoms with Crippen LogP contribution in [0.15, 0.2) is 78.0 Å². The molecule has 0 saturated carbocycles. The zero-order chi connectivity index (χ0) is 25.9. The normalized spacial score (nSPS) is 14.1. The van der Waals surface area contributed by atoms with Gasteiger partial charge in [-0.3, -0.25) is 14.5 Å². The van der Waals surface area contributed by atoms with E-state index >= 15 is 0 Å². The van der Waals surface area contributed by atoms with Gasteiger partial charge in [-0.1, -0.05) is 73.6 Å². The van der Waals surface area contributed by atoms with Crippen LogP contribution in [0, 0.1) is 5.92 Å². The van der Waals surface area contributed by atoms with Gasteiger partial charge in [0.25, 0.3) is 5.91 Å². The van der Waals surface area contributed by atoms with E-state index in [0.29, 0.717) is 18.0 Å². The number of nitrogens with zero attached hydrogens (tertiary/aromatic N) is 4. The van der Waals surface area contributed by atoms with Crippen molar-refractivity contribution in [3.05, 3.63) is 95.3 Å². The van der Waals surface area contributed by atoms with Crippen molar-refractivity contribution in [1.82, 2.24) is 9.55 Å². The maximum atomic E-state index is 13.6. The summed E-state index contributed by atoms with van der Waals surface area (Å²) in [6.07, 6.45) is 1.02. The van der Waals surface area contributed by atoms with Gasteiger partial charge in [-0.2, -0.15) is 0 Å². The van der Waals surface area contributed by atoms with Crippen molar-refractivity contribution in [2.45, 2.75) is 46.9 Å². The van der Waals surface area contributed by atoms with Gasteiger partial charge < -0.3 is 9.40 Å². The second-order valence-corrected chi connectivity index (χ2v) is 9.73. The number of amides is 1. The lowest BCUT2D eigenvalue weighted by Gasteiger charge is -2.18. The summed E-state index contributed by atoms with van der Waals surface area (Å²) in [7, 11) is 0. The number of rotatable bonds is 9. The van der Waals surface area contributed by atoms with E-state index in [2.05, 4.69) is 29.6 Å². The molecule has 0 saturated heterocycles. The summed E-state index contributed by atoms with van der Waals surface area (Å²) in [6.45, 7) is 7.32. The quantitative estimate of drug-likeness (QED) is 0.219. The summed E-state index contributed by atoms with van der Waals surface area (Å²) < 4.78 is 2.22. The largest absolute Gasteiger partial charge is 0.390 e. The van der Waals surface area contributed by atoms with Crippen LogP contribution in [0.25, 0.3) is 11.0 Å². The monoisotopic (exact) mass is 494 g/mol. The van der Waals surface area contributed by atoms with E-state index in [1.807, 2.05) is 54.6 Å². The van der Waals surface area contributed by atoms with Gasteiger partial charge in [0.05, 0.1) is 23.3 Å². The number of carbonyl (C=O) groups is 2. The molecule has 7 nitrogen and oxygen atoms in total. The summed E-state index contributed by atoms with van der Waals surface area (Å²) in [4.78, 5) is 37.3. The van der Waals surface area contributed by atoms with Crippen molar-refractivity contribution < 1.29 is 14.4 Å². The van der Waals surface area contributed by atoms with Crippen LogP contribution in [0.2, 0.25) is 0 Å². The van der Waals surface area contributed by atoms with Crippen molar-refractivity contribution in [3.8, 4) is 0 Å². The van der Waals surface area contributed by atoms with E-state index in [-0.39, 0.29) is 24.0 Å². The van der Waals surface area contributed by atoms with E-state index in [9.17, 15) is 9.59 Å². The molecule has 1 aliphatic heterocycles. The number of oxime groups is 1. The molecule has 3 aromatic carbocycles. The minimum absolute atomic E-state index is 0.0127. The van der Waals surface area contributed by atoms with E-state index in [0.717, 1.165) is 46.6 Å². The summed E-state index contributed by atoms with van der Waals surface area (Å²) in [5.41, 5.74) is 5.32. The molecule has 0 radical (unpaired) electrons. The molecule has 0 fully saturated rings. The molecule has 0 N–H and O–H groups in total. The van der Waals surface area contributed by atoms with Gasteiger partial charge in [-0.05, 0) is 43.0 Å². The Morgan fingerprint density at radius 2 is 1.73 bits per heavy atom. The molecule has 7 heteroatoms. The smallest absolute Gasteiger partial charge is 0.281 e. The lowest BCUT2D eigenvalue weighted by molar-refractivity contribution is -0.112. The number of carbonyl (C=O) groups excluding carboxylic acids is 2. The van der Waals surface area contributed by atoms with E-state index in [1.165, 1.54) is 6.92 Å². The van der Waals surface area contributed by atoms with Crippen LogP contribution in [0.3, 0.4) is 0 Å². The molecule has 2 heterocycles. The van der Waals surface area contributed by atoms with Gasteiger partial charge in [-0.25, -0.2) is 4.98 Å². The van der Waals surface area contributed by atoms with Gasteiger partial charge in [0.1, 0.15) is 12.4 Å². The standard InChI is InChI=1S/C30H30N4O3/c1-20(2)16-17-33-27-11-7-5-9-25(27)31-28(33)18-34-26-10-6-4-8-24(26)29(30(34)36)32-37-19-22-12-14-23(15-13-22)21(3)35/h4-15,20H,16-19H2,1-3H3. The Labute approximate surface area is 216 Å². The predicted octanol–water partition coefficient (Wildman–Crippen LogP) is 5.75. The number of imidazole rings is 1. The van der Waals surface area contributed by atoms with Crippen LogP contribution in [0.4, 0.5) is 5.69 Å². The third-order valence-corrected chi connectivity index (χ3v) is 6.61. The van der Waals surface area contributed by atoms with Crippen molar-refractivity contribution in [2.24, 2.45) is 11.1 Å². The number of fused-ring (bicyclic) bond motifs is 2. The molecule has 0 unspecified atom stereocenters. The van der Waals surface area contributed by atoms with Crippen LogP contribution < -0.4 is 4.90 Å². The molecule has 0 spiro atoms. The summed E-state index contributed by atoms with van der Waals surface area (Å²) in [5.74, 6) is 1.20. The van der Waals surface area contributed by atoms with Crippen LogP contribution in [-0.4, -0.2) is 27.0 Å². The number of hydrogen-bond acceptors (Lipinski definition) is 5. The van der Waals surface area contributed by atoms with Crippen molar-refractivity contribution in [3.63, 3.8) is 0 Å². The molecule has 37 heavy (non-hydrogen) atoms. The van der Waals surface area contributed by atoms with E-state index in [4.69, 9.17) is 9.82 Å². The first-order chi connectivity index (χ1) is 17.9. The summed E-state index contributed by atoms with van der Waals surface area (Å²) in [6, 6.07) is 22.9. The average Bonchev–Trinajstić information content (AvgIpc) is 3.38. The molecule has 1 amide bonds. The molecule has 5 rings (SSSR count). The third-order valence-electron chi connectivity index (χ3n) is 6.61. The second-order valence-electron chi connectivity index (χ2n) is 9.73. The number of aryl methyl sites for hydroxylation is 1. The Morgan fingerprint density at radius 1 is 1.00 bits per heavy atom. The Hall–Kier alpha value is -4.26. The number of aromatic nitrogens is 2. The highest BCUT2D eigenvalue weighted by molar-refractivity contribution is 6.54. The number of para-hydroxylation sites is 3. The maximum absolute atomic E-state index is 13.6. The van der Waals surface area contributed by atoms with Crippen LogP contribution in [0.5, 0.6) is 0 Å². The first-order valence-electron chi connectivity index (χ1n) is 12.6. The minimum atomic E-state index is -0.212. The number of anilines is 1. The fourth-order valence-electron chi connectivity index (χ4n) is 4.54. The molecule has 0 bridgehead atoms. The number of ketones is 1. The Bertz CT molecular complexity index is 1480. The fraction of sp³-hybridized carbons (Fsp3) is 0.267. The SMILES string of the molecule is CC(=O)c1ccc(CON=C2C(=O)N(Cc3nc4ccccc4n3CCC(C)C)c3ccccc32)cc1. The maximum Gasteiger partial charge on any atom is 0.281 e. The molecular weight excluding hydrogens is 464 g/mol. The molecule has 188 valence electrons. The molecule has 0 aliphatic carbocycles. The molecule has 1 aliphatic rings. The fourth-order valence-corrected chi connectivity index (χ4v) is 4.54. The zero-order valence-electron chi connectivity index (χ0n) is 21.3. The van der Waals surface area contributed by atoms with Gasteiger partial charge in [0, 0.05) is 17.7 Å². The molecule has 4 aromatic rings. The van der Waals surface area contributed by atoms with Gasteiger partial charge in [0.2, 0.25) is 0 Å². The lowest BCUT2D eigenvalue weighted by atomic mass is 10.1. The van der Waals surface area contributed by atoms with Gasteiger partial charge >= 0.3 is 0 Å². The van der Waals surface area contributed by atoms with E-state index in [1.54, 1.807) is 17.0 Å². The summed E-state index contributed by atoms with van der Waals surface area (Å²) in [5, 5.41) is 4.25. The first-order valence-corrected chi connectivity index (χ1v) is 12.6. The zero-order valence-corrected chi connectivity index (χ0v) is 21.3. The Balaban J connectivity index is 1.40. The molecular formula is C30H30N4O3. The highest BCUT2D eigenvalue weighted by atomic mass is 16.6. The lowest BCUT2D eigenvalue weighted by Crippen LogP contribution is -2.31. The first kappa shape index (κ1) is 24.4. The van der Waals surface area contributed by atoms with Crippen molar-refractivity contribution in [1.29, 1.82) is 0 Å². The number of hydrogen-bond donors (Lipinski definition) is 0. The van der Waals surface area contributed by atoms with Crippen molar-refractivity contribution >= 4 is 34.1 Å². The molecule has 0 atom stereocenters. The third kappa shape index (κ3) is 5.03. The Morgan fingerprint density at radius 3 is 2.49 bits per heavy atom. The van der Waals surface area contributed by atoms with Crippen molar-refractivity contribution in [2.75, 3.05) is 4.90 Å². The Kier molecular flexibility index (Phi) is 6.86. The van der Waals surface area contributed by atoms with E-state index < -0.39 is 0 Å². The predicted molar refractivity (Wildman–Crippen MR) is 145 cm³/mol. The number of benzene rings is 3. The van der Waals surface area contributed by atoms with Crippen LogP contribution in [0.1, 0.15) is 54.5 Å². The van der Waals surface area contributed by atoms with Crippen LogP contribution in [-0.2, 0) is 29.3 Å². The second kappa shape index (κ2) is 10.4. The average molecular weight is 495 g/mol. The van der Waals surface area contributed by atoms with Crippen LogP contribution >= 0.6 is 0 Å². The topological polar surface area (TPSA) is 76.8 Å². The minimum Gasteiger partial charge on any atom is -0.390 e. The highest BCUT2D eigenvalue weighted by Gasteiger charge is 2.35.